The molecule has 10 heteroatoms. The highest BCUT2D eigenvalue weighted by Gasteiger charge is 2.35. The summed E-state index contributed by atoms with van der Waals surface area (Å²) in [5, 5.41) is 26.2. The van der Waals surface area contributed by atoms with Gasteiger partial charge in [0.05, 0.1) is 23.2 Å². The van der Waals surface area contributed by atoms with E-state index in [4.69, 9.17) is 9.47 Å². The number of rotatable bonds is 9. The number of nitro benzene ring substituents is 1. The third kappa shape index (κ3) is 5.90. The molecule has 2 rings (SSSR count). The number of hydrogen-bond acceptors (Lipinski definition) is 8. The standard InChI is InChI=1S/C20H26N4O6/c1-14(18(25)23-20(13-21)8-4-3-5-9-20)30-19(26)16-12-15(24(27)28)6-7-17(16)22-10-11-29-2/h6-7,12,14,22H,3-5,8-11H2,1-2H3,(H,23,25)/t14-/m1/s1. The number of amides is 1. The Labute approximate surface area is 174 Å². The van der Waals surface area contributed by atoms with Crippen LogP contribution in [0.3, 0.4) is 0 Å². The Morgan fingerprint density at radius 1 is 1.33 bits per heavy atom. The molecule has 0 bridgehead atoms. The van der Waals surface area contributed by atoms with Gasteiger partial charge in [0.1, 0.15) is 5.54 Å². The average molecular weight is 418 g/mol. The second-order valence-electron chi connectivity index (χ2n) is 7.20. The highest BCUT2D eigenvalue weighted by atomic mass is 16.6. The fraction of sp³-hybridized carbons (Fsp3) is 0.550. The number of nitrogens with zero attached hydrogens (tertiary/aromatic N) is 2. The van der Waals surface area contributed by atoms with E-state index in [1.165, 1.54) is 26.2 Å². The van der Waals surface area contributed by atoms with Gasteiger partial charge in [0, 0.05) is 31.5 Å². The molecular weight excluding hydrogens is 392 g/mol. The number of methoxy groups -OCH3 is 1. The van der Waals surface area contributed by atoms with Crippen LogP contribution in [-0.2, 0) is 14.3 Å². The molecule has 1 aromatic rings. The lowest BCUT2D eigenvalue weighted by Gasteiger charge is -2.32. The smallest absolute Gasteiger partial charge is 0.341 e. The number of nitriles is 1. The molecule has 1 aliphatic carbocycles. The largest absolute Gasteiger partial charge is 0.449 e. The van der Waals surface area contributed by atoms with Gasteiger partial charge >= 0.3 is 5.97 Å². The molecule has 1 amide bonds. The molecule has 10 nitrogen and oxygen atoms in total. The Morgan fingerprint density at radius 3 is 2.63 bits per heavy atom. The van der Waals surface area contributed by atoms with E-state index in [-0.39, 0.29) is 11.3 Å². The quantitative estimate of drug-likeness (QED) is 0.269. The number of anilines is 1. The van der Waals surface area contributed by atoms with Gasteiger partial charge in [0.15, 0.2) is 6.10 Å². The first-order chi connectivity index (χ1) is 14.3. The van der Waals surface area contributed by atoms with Gasteiger partial charge in [-0.1, -0.05) is 19.3 Å². The Kier molecular flexibility index (Phi) is 8.12. The van der Waals surface area contributed by atoms with Gasteiger partial charge in [-0.3, -0.25) is 14.9 Å². The topological polar surface area (TPSA) is 144 Å². The molecule has 2 N–H and O–H groups in total. The van der Waals surface area contributed by atoms with E-state index in [1.54, 1.807) is 0 Å². The fourth-order valence-corrected chi connectivity index (χ4v) is 3.29. The van der Waals surface area contributed by atoms with E-state index >= 15 is 0 Å². The second-order valence-corrected chi connectivity index (χ2v) is 7.20. The molecular formula is C20H26N4O6. The molecule has 1 fully saturated rings. The molecule has 0 aliphatic heterocycles. The van der Waals surface area contributed by atoms with Crippen molar-refractivity contribution in [2.75, 3.05) is 25.6 Å². The molecule has 1 saturated carbocycles. The molecule has 162 valence electrons. The first kappa shape index (κ1) is 23.1. The monoisotopic (exact) mass is 418 g/mol. The maximum atomic E-state index is 12.7. The minimum absolute atomic E-state index is 0.0624. The van der Waals surface area contributed by atoms with Crippen molar-refractivity contribution in [2.45, 2.75) is 50.7 Å². The van der Waals surface area contributed by atoms with E-state index in [1.807, 2.05) is 0 Å². The van der Waals surface area contributed by atoms with Crippen LogP contribution in [0.25, 0.3) is 0 Å². The summed E-state index contributed by atoms with van der Waals surface area (Å²) in [6.45, 7) is 2.13. The average Bonchev–Trinajstić information content (AvgIpc) is 2.74. The highest BCUT2D eigenvalue weighted by Crippen LogP contribution is 2.28. The van der Waals surface area contributed by atoms with Crippen molar-refractivity contribution in [2.24, 2.45) is 0 Å². The van der Waals surface area contributed by atoms with Crippen molar-refractivity contribution in [1.82, 2.24) is 5.32 Å². The van der Waals surface area contributed by atoms with Crippen molar-refractivity contribution in [1.29, 1.82) is 5.26 Å². The number of carbonyl (C=O) groups is 2. The third-order valence-electron chi connectivity index (χ3n) is 4.99. The summed E-state index contributed by atoms with van der Waals surface area (Å²) in [5.74, 6) is -1.46. The number of non-ortho nitro benzene ring substituents is 1. The number of ether oxygens (including phenoxy) is 2. The minimum Gasteiger partial charge on any atom is -0.449 e. The Bertz CT molecular complexity index is 829. The number of benzene rings is 1. The van der Waals surface area contributed by atoms with E-state index in [2.05, 4.69) is 16.7 Å². The van der Waals surface area contributed by atoms with Gasteiger partial charge in [-0.25, -0.2) is 4.79 Å². The minimum atomic E-state index is -1.17. The summed E-state index contributed by atoms with van der Waals surface area (Å²) in [6, 6.07) is 5.94. The van der Waals surface area contributed by atoms with Crippen molar-refractivity contribution < 1.29 is 24.0 Å². The second kappa shape index (κ2) is 10.5. The summed E-state index contributed by atoms with van der Waals surface area (Å²) in [4.78, 5) is 35.7. The van der Waals surface area contributed by atoms with Gasteiger partial charge in [-0.2, -0.15) is 5.26 Å². The molecule has 30 heavy (non-hydrogen) atoms. The number of nitrogens with one attached hydrogen (secondary N) is 2. The van der Waals surface area contributed by atoms with E-state index in [0.29, 0.717) is 31.7 Å². The number of esters is 1. The van der Waals surface area contributed by atoms with Crippen LogP contribution in [0.5, 0.6) is 0 Å². The van der Waals surface area contributed by atoms with Crippen molar-refractivity contribution >= 4 is 23.3 Å². The summed E-state index contributed by atoms with van der Waals surface area (Å²) < 4.78 is 10.2. The maximum Gasteiger partial charge on any atom is 0.341 e. The van der Waals surface area contributed by atoms with Crippen LogP contribution in [0, 0.1) is 21.4 Å². The normalized spacial score (nSPS) is 16.0. The van der Waals surface area contributed by atoms with Crippen LogP contribution in [0.1, 0.15) is 49.4 Å². The van der Waals surface area contributed by atoms with E-state index < -0.39 is 28.4 Å². The predicted octanol–water partition coefficient (Wildman–Crippen LogP) is 2.54. The molecule has 1 atom stereocenters. The van der Waals surface area contributed by atoms with Gasteiger partial charge in [-0.15, -0.1) is 0 Å². The molecule has 1 aromatic carbocycles. The third-order valence-corrected chi connectivity index (χ3v) is 4.99. The Hall–Kier alpha value is -3.19. The molecule has 0 saturated heterocycles. The van der Waals surface area contributed by atoms with E-state index in [9.17, 15) is 25.0 Å². The number of carbonyl (C=O) groups excluding carboxylic acids is 2. The van der Waals surface area contributed by atoms with E-state index in [0.717, 1.165) is 25.3 Å². The SMILES string of the molecule is COCCNc1ccc([N+](=O)[O-])cc1C(=O)O[C@H](C)C(=O)NC1(C#N)CCCCC1. The molecule has 0 unspecified atom stereocenters. The molecule has 0 spiro atoms. The van der Waals surface area contributed by atoms with Gasteiger partial charge < -0.3 is 20.1 Å². The highest BCUT2D eigenvalue weighted by molar-refractivity contribution is 5.98. The van der Waals surface area contributed by atoms with Crippen LogP contribution in [0.15, 0.2) is 18.2 Å². The predicted molar refractivity (Wildman–Crippen MR) is 108 cm³/mol. The molecule has 0 aromatic heterocycles. The van der Waals surface area contributed by atoms with Crippen LogP contribution in [0.2, 0.25) is 0 Å². The molecule has 0 radical (unpaired) electrons. The molecule has 1 aliphatic rings. The van der Waals surface area contributed by atoms with Crippen LogP contribution >= 0.6 is 0 Å². The lowest BCUT2D eigenvalue weighted by molar-refractivity contribution is -0.384. The van der Waals surface area contributed by atoms with Gasteiger partial charge in [0.2, 0.25) is 0 Å². The number of nitro groups is 1. The fourth-order valence-electron chi connectivity index (χ4n) is 3.29. The lowest BCUT2D eigenvalue weighted by atomic mass is 9.83. The first-order valence-corrected chi connectivity index (χ1v) is 9.77. The van der Waals surface area contributed by atoms with Crippen LogP contribution in [0.4, 0.5) is 11.4 Å². The first-order valence-electron chi connectivity index (χ1n) is 9.77. The number of hydrogen-bond donors (Lipinski definition) is 2. The zero-order chi connectivity index (χ0) is 22.1. The maximum absolute atomic E-state index is 12.7. The zero-order valence-corrected chi connectivity index (χ0v) is 17.1. The van der Waals surface area contributed by atoms with Crippen LogP contribution in [-0.4, -0.2) is 48.7 Å². The summed E-state index contributed by atoms with van der Waals surface area (Å²) in [6.07, 6.45) is 2.62. The Morgan fingerprint density at radius 2 is 2.03 bits per heavy atom. The zero-order valence-electron chi connectivity index (χ0n) is 17.1. The Balaban J connectivity index is 2.12. The van der Waals surface area contributed by atoms with Gasteiger partial charge in [-0.05, 0) is 25.8 Å². The van der Waals surface area contributed by atoms with Crippen molar-refractivity contribution in [3.05, 3.63) is 33.9 Å². The summed E-state index contributed by atoms with van der Waals surface area (Å²) in [7, 11) is 1.52. The summed E-state index contributed by atoms with van der Waals surface area (Å²) in [5.41, 5.74) is -0.959. The van der Waals surface area contributed by atoms with Crippen molar-refractivity contribution in [3.63, 3.8) is 0 Å². The van der Waals surface area contributed by atoms with Crippen molar-refractivity contribution in [3.8, 4) is 6.07 Å². The van der Waals surface area contributed by atoms with Crippen LogP contribution < -0.4 is 10.6 Å². The molecule has 0 heterocycles. The summed E-state index contributed by atoms with van der Waals surface area (Å²) >= 11 is 0. The van der Waals surface area contributed by atoms with Gasteiger partial charge in [0.25, 0.3) is 11.6 Å². The lowest BCUT2D eigenvalue weighted by Crippen LogP contribution is -2.52.